The molecule has 1 aromatic carbocycles. The molecule has 0 bridgehead atoms. The minimum absolute atomic E-state index is 0.109. The average Bonchev–Trinajstić information content (AvgIpc) is 2.63. The molecule has 3 rings (SSSR count). The van der Waals surface area contributed by atoms with E-state index >= 15 is 0 Å². The number of fused-ring (bicyclic) bond motifs is 1. The summed E-state index contributed by atoms with van der Waals surface area (Å²) < 4.78 is 65.7. The second-order valence-electron chi connectivity index (χ2n) is 5.55. The summed E-state index contributed by atoms with van der Waals surface area (Å²) in [5.41, 5.74) is -3.20. The number of nitrogens with one attached hydrogen (secondary N) is 1. The number of hydrogen-bond acceptors (Lipinski definition) is 5. The Labute approximate surface area is 152 Å². The molecule has 0 spiro atoms. The van der Waals surface area contributed by atoms with E-state index in [0.717, 1.165) is 12.4 Å². The minimum atomic E-state index is -4.78. The lowest BCUT2D eigenvalue weighted by Gasteiger charge is -2.13. The van der Waals surface area contributed by atoms with Gasteiger partial charge in [-0.05, 0) is 24.3 Å². The number of carbonyl (C=O) groups is 1. The maximum atomic E-state index is 13.3. The van der Waals surface area contributed by atoms with Gasteiger partial charge in [0.1, 0.15) is 24.4 Å². The molecule has 1 N–H and O–H groups in total. The van der Waals surface area contributed by atoms with Crippen LogP contribution < -0.4 is 10.9 Å². The van der Waals surface area contributed by atoms with Crippen LogP contribution >= 0.6 is 0 Å². The molecule has 28 heavy (non-hydrogen) atoms. The molecule has 1 amide bonds. The molecule has 146 valence electrons. The highest BCUT2D eigenvalue weighted by Crippen LogP contribution is 2.33. The van der Waals surface area contributed by atoms with Gasteiger partial charge in [0.25, 0.3) is 12.0 Å². The lowest BCUT2D eigenvalue weighted by Crippen LogP contribution is -2.31. The Hall–Kier alpha value is -3.44. The normalized spacial score (nSPS) is 11.8. The van der Waals surface area contributed by atoms with Crippen molar-refractivity contribution in [2.45, 2.75) is 19.1 Å². The zero-order chi connectivity index (χ0) is 20.5. The van der Waals surface area contributed by atoms with Crippen LogP contribution in [0, 0.1) is 0 Å². The molecule has 12 heteroatoms. The molecule has 0 aliphatic heterocycles. The minimum Gasteiger partial charge on any atom is -0.309 e. The first-order valence-electron chi connectivity index (χ1n) is 7.63. The topological polar surface area (TPSA) is 89.8 Å². The third-order valence-corrected chi connectivity index (χ3v) is 3.67. The van der Waals surface area contributed by atoms with E-state index in [2.05, 4.69) is 20.4 Å². The van der Waals surface area contributed by atoms with Crippen molar-refractivity contribution in [2.24, 2.45) is 0 Å². The molecule has 7 nitrogen and oxygen atoms in total. The number of hydrogen-bond donors (Lipinski definition) is 1. The third kappa shape index (κ3) is 3.94. The predicted octanol–water partition coefficient (Wildman–Crippen LogP) is 2.78. The van der Waals surface area contributed by atoms with Gasteiger partial charge in [0.05, 0.1) is 10.9 Å². The molecule has 0 saturated heterocycles. The van der Waals surface area contributed by atoms with Crippen molar-refractivity contribution in [3.8, 4) is 0 Å². The lowest BCUT2D eigenvalue weighted by atomic mass is 10.1. The molecule has 0 fully saturated rings. The molecule has 2 heterocycles. The number of aromatic nitrogens is 4. The van der Waals surface area contributed by atoms with Crippen LogP contribution in [0.2, 0.25) is 0 Å². The third-order valence-electron chi connectivity index (χ3n) is 3.67. The first kappa shape index (κ1) is 19.3. The van der Waals surface area contributed by atoms with Crippen LogP contribution in [0.5, 0.6) is 0 Å². The zero-order valence-electron chi connectivity index (χ0n) is 13.7. The van der Waals surface area contributed by atoms with Gasteiger partial charge in [-0.2, -0.15) is 18.3 Å². The summed E-state index contributed by atoms with van der Waals surface area (Å²) in [6, 6.07) is 3.19. The van der Waals surface area contributed by atoms with E-state index in [1.165, 1.54) is 12.3 Å². The van der Waals surface area contributed by atoms with Crippen LogP contribution in [-0.2, 0) is 17.5 Å². The van der Waals surface area contributed by atoms with Gasteiger partial charge in [-0.25, -0.2) is 23.4 Å². The first-order valence-corrected chi connectivity index (χ1v) is 7.63. The Bertz CT molecular complexity index is 1080. The molecule has 0 radical (unpaired) electrons. The van der Waals surface area contributed by atoms with Crippen molar-refractivity contribution in [1.29, 1.82) is 0 Å². The highest BCUT2D eigenvalue weighted by Gasteiger charge is 2.31. The second kappa shape index (κ2) is 7.29. The lowest BCUT2D eigenvalue weighted by molar-refractivity contribution is -0.137. The summed E-state index contributed by atoms with van der Waals surface area (Å²) in [6.07, 6.45) is -5.54. The van der Waals surface area contributed by atoms with Crippen molar-refractivity contribution in [3.63, 3.8) is 0 Å². The van der Waals surface area contributed by atoms with E-state index in [1.807, 2.05) is 0 Å². The van der Waals surface area contributed by atoms with Gasteiger partial charge in [-0.3, -0.25) is 9.59 Å². The smallest absolute Gasteiger partial charge is 0.309 e. The Balaban J connectivity index is 2.03. The molecule has 3 aromatic rings. The summed E-state index contributed by atoms with van der Waals surface area (Å²) in [5, 5.41) is 4.68. The second-order valence-corrected chi connectivity index (χ2v) is 5.55. The Morgan fingerprint density at radius 2 is 1.93 bits per heavy atom. The van der Waals surface area contributed by atoms with Crippen LogP contribution in [0.25, 0.3) is 10.8 Å². The highest BCUT2D eigenvalue weighted by molar-refractivity contribution is 5.90. The van der Waals surface area contributed by atoms with Crippen molar-refractivity contribution >= 4 is 22.5 Å². The maximum absolute atomic E-state index is 13.3. The van der Waals surface area contributed by atoms with E-state index in [9.17, 15) is 31.5 Å². The standard InChI is InChI=1S/C16H10F5N5O2/c17-14(18)13-10-5-8(16(19,20)21)1-2-9(10)15(28)26(25-13)6-12(27)24-11-3-4-22-7-23-11/h1-5,7,14H,6H2,(H,22,23,24,27). The quantitative estimate of drug-likeness (QED) is 0.682. The summed E-state index contributed by atoms with van der Waals surface area (Å²) in [6.45, 7) is -0.737. The molecular formula is C16H10F5N5O2. The van der Waals surface area contributed by atoms with E-state index in [0.29, 0.717) is 16.8 Å². The Kier molecular flexibility index (Phi) is 5.03. The molecule has 0 saturated carbocycles. The molecule has 0 aliphatic rings. The van der Waals surface area contributed by atoms with Crippen LogP contribution in [0.3, 0.4) is 0 Å². The predicted molar refractivity (Wildman–Crippen MR) is 86.6 cm³/mol. The molecule has 0 aliphatic carbocycles. The zero-order valence-corrected chi connectivity index (χ0v) is 13.7. The van der Waals surface area contributed by atoms with E-state index < -0.39 is 52.6 Å². The fourth-order valence-corrected chi connectivity index (χ4v) is 2.44. The fraction of sp³-hybridized carbons (Fsp3) is 0.188. The van der Waals surface area contributed by atoms with Gasteiger partial charge < -0.3 is 5.32 Å². The SMILES string of the molecule is O=C(Cn1nc(C(F)F)c2cc(C(F)(F)F)ccc2c1=O)Nc1ccncn1. The molecular weight excluding hydrogens is 389 g/mol. The number of alkyl halides is 5. The van der Waals surface area contributed by atoms with Crippen molar-refractivity contribution in [3.05, 3.63) is 58.4 Å². The van der Waals surface area contributed by atoms with Gasteiger partial charge in [-0.1, -0.05) is 0 Å². The number of halogens is 5. The Morgan fingerprint density at radius 1 is 1.18 bits per heavy atom. The van der Waals surface area contributed by atoms with Crippen LogP contribution in [0.1, 0.15) is 17.7 Å². The number of nitrogens with zero attached hydrogens (tertiary/aromatic N) is 4. The van der Waals surface area contributed by atoms with Gasteiger partial charge in [-0.15, -0.1) is 0 Å². The maximum Gasteiger partial charge on any atom is 0.416 e. The molecule has 0 atom stereocenters. The molecule has 0 unspecified atom stereocenters. The highest BCUT2D eigenvalue weighted by atomic mass is 19.4. The van der Waals surface area contributed by atoms with E-state index in [1.54, 1.807) is 0 Å². The fourth-order valence-electron chi connectivity index (χ4n) is 2.44. The van der Waals surface area contributed by atoms with Gasteiger partial charge in [0.15, 0.2) is 0 Å². The average molecular weight is 399 g/mol. The largest absolute Gasteiger partial charge is 0.416 e. The first-order chi connectivity index (χ1) is 13.2. The number of anilines is 1. The van der Waals surface area contributed by atoms with Crippen molar-refractivity contribution < 1.29 is 26.7 Å². The summed E-state index contributed by atoms with van der Waals surface area (Å²) >= 11 is 0. The van der Waals surface area contributed by atoms with Crippen LogP contribution in [0.15, 0.2) is 41.6 Å². The van der Waals surface area contributed by atoms with E-state index in [-0.39, 0.29) is 5.82 Å². The Morgan fingerprint density at radius 3 is 2.54 bits per heavy atom. The number of benzene rings is 1. The van der Waals surface area contributed by atoms with Crippen LogP contribution in [0.4, 0.5) is 27.8 Å². The number of rotatable bonds is 4. The number of carbonyl (C=O) groups excluding carboxylic acids is 1. The summed E-state index contributed by atoms with van der Waals surface area (Å²) in [7, 11) is 0. The summed E-state index contributed by atoms with van der Waals surface area (Å²) in [4.78, 5) is 31.8. The van der Waals surface area contributed by atoms with Gasteiger partial charge >= 0.3 is 6.18 Å². The number of amides is 1. The monoisotopic (exact) mass is 399 g/mol. The summed E-state index contributed by atoms with van der Waals surface area (Å²) in [5.74, 6) is -0.683. The van der Waals surface area contributed by atoms with Gasteiger partial charge in [0, 0.05) is 11.6 Å². The van der Waals surface area contributed by atoms with Gasteiger partial charge in [0.2, 0.25) is 5.91 Å². The van der Waals surface area contributed by atoms with Crippen molar-refractivity contribution in [1.82, 2.24) is 19.7 Å². The van der Waals surface area contributed by atoms with Crippen molar-refractivity contribution in [2.75, 3.05) is 5.32 Å². The van der Waals surface area contributed by atoms with Crippen LogP contribution in [-0.4, -0.2) is 25.7 Å². The van der Waals surface area contributed by atoms with E-state index in [4.69, 9.17) is 0 Å². The molecule has 2 aromatic heterocycles.